The van der Waals surface area contributed by atoms with Gasteiger partial charge in [0.1, 0.15) is 5.75 Å². The molecule has 1 aromatic carbocycles. The smallest absolute Gasteiger partial charge is 0.171 e. The van der Waals surface area contributed by atoms with Gasteiger partial charge < -0.3 is 15.4 Å². The first-order valence-electron chi connectivity index (χ1n) is 7.29. The van der Waals surface area contributed by atoms with Crippen molar-refractivity contribution < 1.29 is 4.74 Å². The molecular weight excluding hydrogens is 268 g/mol. The molecule has 2 rings (SSSR count). The van der Waals surface area contributed by atoms with Gasteiger partial charge in [-0.1, -0.05) is 32.8 Å². The van der Waals surface area contributed by atoms with Crippen LogP contribution in [-0.2, 0) is 0 Å². The van der Waals surface area contributed by atoms with E-state index >= 15 is 0 Å². The standard InChI is InChI=1S/C16H24N2OS/c1-12(2)16(9-4-5-10-16)18-15(20)17-13-7-6-8-14(11-13)19-3/h6-8,11-12H,4-5,9-10H2,1-3H3,(H2,17,18,20). The van der Waals surface area contributed by atoms with E-state index in [1.54, 1.807) is 7.11 Å². The molecule has 3 nitrogen and oxygen atoms in total. The molecule has 1 aromatic rings. The Bertz CT molecular complexity index is 467. The van der Waals surface area contributed by atoms with Crippen LogP contribution < -0.4 is 15.4 Å². The van der Waals surface area contributed by atoms with Gasteiger partial charge >= 0.3 is 0 Å². The Morgan fingerprint density at radius 2 is 2.00 bits per heavy atom. The highest BCUT2D eigenvalue weighted by atomic mass is 32.1. The summed E-state index contributed by atoms with van der Waals surface area (Å²) in [7, 11) is 1.67. The molecule has 0 radical (unpaired) electrons. The van der Waals surface area contributed by atoms with Crippen molar-refractivity contribution in [3.63, 3.8) is 0 Å². The molecule has 0 aromatic heterocycles. The third-order valence-electron chi connectivity index (χ3n) is 4.29. The lowest BCUT2D eigenvalue weighted by atomic mass is 9.85. The summed E-state index contributed by atoms with van der Waals surface area (Å²) in [5.41, 5.74) is 1.11. The fourth-order valence-electron chi connectivity index (χ4n) is 2.94. The van der Waals surface area contributed by atoms with Gasteiger partial charge in [-0.3, -0.25) is 0 Å². The Morgan fingerprint density at radius 1 is 1.30 bits per heavy atom. The lowest BCUT2D eigenvalue weighted by Gasteiger charge is -2.35. The highest BCUT2D eigenvalue weighted by Gasteiger charge is 2.37. The molecule has 4 heteroatoms. The minimum Gasteiger partial charge on any atom is -0.497 e. The fraction of sp³-hybridized carbons (Fsp3) is 0.562. The third-order valence-corrected chi connectivity index (χ3v) is 4.50. The van der Waals surface area contributed by atoms with E-state index in [2.05, 4.69) is 24.5 Å². The molecule has 0 saturated heterocycles. The summed E-state index contributed by atoms with van der Waals surface area (Å²) < 4.78 is 5.22. The molecular formula is C16H24N2OS. The summed E-state index contributed by atoms with van der Waals surface area (Å²) in [4.78, 5) is 0. The molecule has 110 valence electrons. The van der Waals surface area contributed by atoms with Gasteiger partial charge in [0.25, 0.3) is 0 Å². The fourth-order valence-corrected chi connectivity index (χ4v) is 3.26. The van der Waals surface area contributed by atoms with Crippen molar-refractivity contribution in [2.24, 2.45) is 5.92 Å². The van der Waals surface area contributed by atoms with E-state index in [0.29, 0.717) is 11.0 Å². The number of rotatable bonds is 4. The van der Waals surface area contributed by atoms with E-state index < -0.39 is 0 Å². The van der Waals surface area contributed by atoms with Crippen LogP contribution in [0.25, 0.3) is 0 Å². The predicted molar refractivity (Wildman–Crippen MR) is 88.4 cm³/mol. The summed E-state index contributed by atoms with van der Waals surface area (Å²) in [6.45, 7) is 4.54. The first-order chi connectivity index (χ1) is 9.55. The highest BCUT2D eigenvalue weighted by molar-refractivity contribution is 7.80. The molecule has 0 aliphatic heterocycles. The van der Waals surface area contributed by atoms with Crippen molar-refractivity contribution in [1.82, 2.24) is 5.32 Å². The average Bonchev–Trinajstić information content (AvgIpc) is 2.88. The van der Waals surface area contributed by atoms with Crippen molar-refractivity contribution in [3.05, 3.63) is 24.3 Å². The van der Waals surface area contributed by atoms with Crippen molar-refractivity contribution in [3.8, 4) is 5.75 Å². The molecule has 2 N–H and O–H groups in total. The molecule has 20 heavy (non-hydrogen) atoms. The number of anilines is 1. The molecule has 0 bridgehead atoms. The van der Waals surface area contributed by atoms with E-state index in [1.165, 1.54) is 25.7 Å². The highest BCUT2D eigenvalue weighted by Crippen LogP contribution is 2.35. The van der Waals surface area contributed by atoms with Crippen LogP contribution in [0.1, 0.15) is 39.5 Å². The quantitative estimate of drug-likeness (QED) is 0.823. The van der Waals surface area contributed by atoms with Gasteiger partial charge in [0.05, 0.1) is 7.11 Å². The Labute approximate surface area is 127 Å². The second-order valence-electron chi connectivity index (χ2n) is 5.83. The van der Waals surface area contributed by atoms with Crippen LogP contribution in [-0.4, -0.2) is 17.8 Å². The number of hydrogen-bond donors (Lipinski definition) is 2. The first kappa shape index (κ1) is 15.1. The molecule has 0 spiro atoms. The number of benzene rings is 1. The lowest BCUT2D eigenvalue weighted by molar-refractivity contribution is 0.283. The predicted octanol–water partition coefficient (Wildman–Crippen LogP) is 3.95. The van der Waals surface area contributed by atoms with Crippen LogP contribution in [0, 0.1) is 5.92 Å². The van der Waals surface area contributed by atoms with Gasteiger partial charge in [-0.2, -0.15) is 0 Å². The zero-order valence-corrected chi connectivity index (χ0v) is 13.3. The molecule has 0 amide bonds. The topological polar surface area (TPSA) is 33.3 Å². The van der Waals surface area contributed by atoms with E-state index in [9.17, 15) is 0 Å². The van der Waals surface area contributed by atoms with Crippen molar-refractivity contribution in [2.45, 2.75) is 45.1 Å². The van der Waals surface area contributed by atoms with Crippen LogP contribution in [0.2, 0.25) is 0 Å². The lowest BCUT2D eigenvalue weighted by Crippen LogP contribution is -2.51. The Kier molecular flexibility index (Phi) is 4.86. The van der Waals surface area contributed by atoms with Gasteiger partial charge in [-0.05, 0) is 43.1 Å². The minimum absolute atomic E-state index is 0.156. The Morgan fingerprint density at radius 3 is 2.60 bits per heavy atom. The van der Waals surface area contributed by atoms with E-state index in [-0.39, 0.29) is 5.54 Å². The maximum Gasteiger partial charge on any atom is 0.171 e. The number of hydrogen-bond acceptors (Lipinski definition) is 2. The van der Waals surface area contributed by atoms with Gasteiger partial charge in [-0.15, -0.1) is 0 Å². The van der Waals surface area contributed by atoms with Gasteiger partial charge in [0.15, 0.2) is 5.11 Å². The molecule has 1 aliphatic carbocycles. The monoisotopic (exact) mass is 292 g/mol. The third kappa shape index (κ3) is 3.42. The largest absolute Gasteiger partial charge is 0.497 e. The first-order valence-corrected chi connectivity index (χ1v) is 7.70. The van der Waals surface area contributed by atoms with Crippen LogP contribution in [0.4, 0.5) is 5.69 Å². The van der Waals surface area contributed by atoms with Crippen molar-refractivity contribution in [1.29, 1.82) is 0 Å². The summed E-state index contributed by atoms with van der Waals surface area (Å²) in [6, 6.07) is 7.82. The van der Waals surface area contributed by atoms with E-state index in [0.717, 1.165) is 11.4 Å². The molecule has 1 aliphatic rings. The molecule has 1 saturated carbocycles. The van der Waals surface area contributed by atoms with Crippen LogP contribution in [0.5, 0.6) is 5.75 Å². The average molecular weight is 292 g/mol. The zero-order valence-electron chi connectivity index (χ0n) is 12.5. The Balaban J connectivity index is 2.01. The van der Waals surface area contributed by atoms with Crippen LogP contribution >= 0.6 is 12.2 Å². The van der Waals surface area contributed by atoms with Crippen LogP contribution in [0.3, 0.4) is 0 Å². The van der Waals surface area contributed by atoms with Crippen molar-refractivity contribution >= 4 is 23.0 Å². The molecule has 1 fully saturated rings. The summed E-state index contributed by atoms with van der Waals surface area (Å²) in [6.07, 6.45) is 4.97. The summed E-state index contributed by atoms with van der Waals surface area (Å²) in [5.74, 6) is 1.41. The van der Waals surface area contributed by atoms with Gasteiger partial charge in [0, 0.05) is 17.3 Å². The SMILES string of the molecule is COc1cccc(NC(=S)NC2(C(C)C)CCCC2)c1. The number of ether oxygens (including phenoxy) is 1. The maximum atomic E-state index is 5.48. The summed E-state index contributed by atoms with van der Waals surface area (Å²) in [5, 5.41) is 7.52. The molecule has 0 heterocycles. The summed E-state index contributed by atoms with van der Waals surface area (Å²) >= 11 is 5.48. The maximum absolute atomic E-state index is 5.48. The normalized spacial score (nSPS) is 17.0. The van der Waals surface area contributed by atoms with Gasteiger partial charge in [-0.25, -0.2) is 0 Å². The van der Waals surface area contributed by atoms with E-state index in [4.69, 9.17) is 17.0 Å². The van der Waals surface area contributed by atoms with Crippen LogP contribution in [0.15, 0.2) is 24.3 Å². The second-order valence-corrected chi connectivity index (χ2v) is 6.24. The minimum atomic E-state index is 0.156. The molecule has 0 atom stereocenters. The zero-order chi connectivity index (χ0) is 14.6. The Hall–Kier alpha value is -1.29. The van der Waals surface area contributed by atoms with Gasteiger partial charge in [0.2, 0.25) is 0 Å². The number of nitrogens with one attached hydrogen (secondary N) is 2. The number of methoxy groups -OCH3 is 1. The van der Waals surface area contributed by atoms with E-state index in [1.807, 2.05) is 24.3 Å². The van der Waals surface area contributed by atoms with Crippen molar-refractivity contribution in [2.75, 3.05) is 12.4 Å². The molecule has 0 unspecified atom stereocenters. The number of thiocarbonyl (C=S) groups is 1. The second kappa shape index (κ2) is 6.44.